The van der Waals surface area contributed by atoms with E-state index < -0.39 is 10.0 Å². The summed E-state index contributed by atoms with van der Waals surface area (Å²) in [5.74, 6) is -0.251. The van der Waals surface area contributed by atoms with Crippen LogP contribution in [-0.4, -0.2) is 18.5 Å². The van der Waals surface area contributed by atoms with Gasteiger partial charge in [-0.2, -0.15) is 5.26 Å². The van der Waals surface area contributed by atoms with E-state index in [4.69, 9.17) is 16.9 Å². The van der Waals surface area contributed by atoms with Crippen molar-refractivity contribution in [3.8, 4) is 11.8 Å². The molecule has 0 aliphatic rings. The summed E-state index contributed by atoms with van der Waals surface area (Å²) in [6.07, 6.45) is 1.33. The third-order valence-electron chi connectivity index (χ3n) is 2.36. The summed E-state index contributed by atoms with van der Waals surface area (Å²) in [5, 5.41) is 18.4. The van der Waals surface area contributed by atoms with Crippen molar-refractivity contribution in [2.75, 3.05) is 4.72 Å². The Kier molecular flexibility index (Phi) is 3.79. The lowest BCUT2D eigenvalue weighted by Crippen LogP contribution is -2.14. The lowest BCUT2D eigenvalue weighted by Gasteiger charge is -2.09. The predicted octanol–water partition coefficient (Wildman–Crippen LogP) is 2.11. The summed E-state index contributed by atoms with van der Waals surface area (Å²) in [6.45, 7) is 0. The Morgan fingerprint density at radius 1 is 1.35 bits per heavy atom. The SMILES string of the molecule is N#Cc1ncccc1S(=O)(=O)Nc1ccc(Cl)c(O)c1. The smallest absolute Gasteiger partial charge is 0.264 e. The normalized spacial score (nSPS) is 10.8. The van der Waals surface area contributed by atoms with Crippen LogP contribution in [0.25, 0.3) is 0 Å². The zero-order chi connectivity index (χ0) is 14.8. The molecule has 2 N–H and O–H groups in total. The fraction of sp³-hybridized carbons (Fsp3) is 0. The van der Waals surface area contributed by atoms with E-state index in [0.29, 0.717) is 0 Å². The molecule has 0 unspecified atom stereocenters. The minimum absolute atomic E-state index is 0.104. The van der Waals surface area contributed by atoms with E-state index in [1.165, 1.54) is 36.5 Å². The van der Waals surface area contributed by atoms with Crippen LogP contribution >= 0.6 is 11.6 Å². The first-order valence-corrected chi connectivity index (χ1v) is 7.16. The van der Waals surface area contributed by atoms with Crippen molar-refractivity contribution < 1.29 is 13.5 Å². The molecule has 0 saturated carbocycles. The molecule has 102 valence electrons. The molecule has 0 radical (unpaired) electrons. The van der Waals surface area contributed by atoms with E-state index >= 15 is 0 Å². The number of nitrogens with one attached hydrogen (secondary N) is 1. The van der Waals surface area contributed by atoms with Gasteiger partial charge in [0.25, 0.3) is 10.0 Å². The Balaban J connectivity index is 2.41. The van der Waals surface area contributed by atoms with Crippen LogP contribution in [0, 0.1) is 11.3 Å². The molecular weight excluding hydrogens is 302 g/mol. The molecular formula is C12H8ClN3O3S. The van der Waals surface area contributed by atoms with Crippen molar-refractivity contribution in [2.45, 2.75) is 4.90 Å². The highest BCUT2D eigenvalue weighted by Gasteiger charge is 2.19. The van der Waals surface area contributed by atoms with Gasteiger partial charge >= 0.3 is 0 Å². The molecule has 1 aromatic heterocycles. The van der Waals surface area contributed by atoms with Gasteiger partial charge in [0.2, 0.25) is 0 Å². The first-order valence-electron chi connectivity index (χ1n) is 5.30. The Bertz CT molecular complexity index is 800. The average molecular weight is 310 g/mol. The lowest BCUT2D eigenvalue weighted by atomic mass is 10.3. The maximum atomic E-state index is 12.2. The van der Waals surface area contributed by atoms with Crippen LogP contribution in [0.4, 0.5) is 5.69 Å². The minimum atomic E-state index is -3.97. The van der Waals surface area contributed by atoms with Crippen LogP contribution in [0.1, 0.15) is 5.69 Å². The van der Waals surface area contributed by atoms with Gasteiger partial charge in [-0.1, -0.05) is 11.6 Å². The van der Waals surface area contributed by atoms with Crippen LogP contribution in [0.3, 0.4) is 0 Å². The van der Waals surface area contributed by atoms with Crippen LogP contribution in [0.5, 0.6) is 5.75 Å². The van der Waals surface area contributed by atoms with Gasteiger partial charge in [-0.15, -0.1) is 0 Å². The highest BCUT2D eigenvalue weighted by atomic mass is 35.5. The van der Waals surface area contributed by atoms with Crippen molar-refractivity contribution in [1.29, 1.82) is 5.26 Å². The van der Waals surface area contributed by atoms with E-state index in [1.807, 2.05) is 0 Å². The first kappa shape index (κ1) is 14.1. The molecule has 0 fully saturated rings. The van der Waals surface area contributed by atoms with Gasteiger partial charge in [-0.3, -0.25) is 4.72 Å². The number of halogens is 1. The molecule has 0 aliphatic heterocycles. The highest BCUT2D eigenvalue weighted by molar-refractivity contribution is 7.92. The highest BCUT2D eigenvalue weighted by Crippen LogP contribution is 2.27. The largest absolute Gasteiger partial charge is 0.506 e. The van der Waals surface area contributed by atoms with E-state index in [1.54, 1.807) is 6.07 Å². The Labute approximate surface area is 120 Å². The van der Waals surface area contributed by atoms with Crippen LogP contribution < -0.4 is 4.72 Å². The second-order valence-electron chi connectivity index (χ2n) is 3.73. The number of benzene rings is 1. The van der Waals surface area contributed by atoms with Gasteiger partial charge in [0, 0.05) is 12.3 Å². The van der Waals surface area contributed by atoms with Crippen LogP contribution in [0.15, 0.2) is 41.4 Å². The fourth-order valence-corrected chi connectivity index (χ4v) is 2.75. The van der Waals surface area contributed by atoms with Crippen molar-refractivity contribution in [3.63, 3.8) is 0 Å². The molecule has 0 atom stereocenters. The maximum Gasteiger partial charge on any atom is 0.264 e. The fourth-order valence-electron chi connectivity index (χ4n) is 1.48. The summed E-state index contributed by atoms with van der Waals surface area (Å²) >= 11 is 5.64. The number of pyridine rings is 1. The Morgan fingerprint density at radius 2 is 2.10 bits per heavy atom. The topological polar surface area (TPSA) is 103 Å². The summed E-state index contributed by atoms with van der Waals surface area (Å²) in [6, 6.07) is 8.30. The number of aromatic nitrogens is 1. The summed E-state index contributed by atoms with van der Waals surface area (Å²) in [5.41, 5.74) is -0.0853. The Hall–Kier alpha value is -2.30. The number of aromatic hydroxyl groups is 1. The number of nitrogens with zero attached hydrogens (tertiary/aromatic N) is 2. The monoisotopic (exact) mass is 309 g/mol. The molecule has 20 heavy (non-hydrogen) atoms. The van der Waals surface area contributed by atoms with E-state index in [-0.39, 0.29) is 27.0 Å². The van der Waals surface area contributed by atoms with Crippen LogP contribution in [-0.2, 0) is 10.0 Å². The third-order valence-corrected chi connectivity index (χ3v) is 4.10. The maximum absolute atomic E-state index is 12.2. The molecule has 1 heterocycles. The first-order chi connectivity index (χ1) is 9.44. The van der Waals surface area contributed by atoms with Crippen molar-refractivity contribution in [2.24, 2.45) is 0 Å². The molecule has 0 spiro atoms. The third kappa shape index (κ3) is 2.82. The van der Waals surface area contributed by atoms with Gasteiger partial charge in [-0.25, -0.2) is 13.4 Å². The molecule has 6 nitrogen and oxygen atoms in total. The molecule has 0 aliphatic carbocycles. The summed E-state index contributed by atoms with van der Waals surface area (Å²) in [4.78, 5) is 3.45. The summed E-state index contributed by atoms with van der Waals surface area (Å²) in [7, 11) is -3.97. The summed E-state index contributed by atoms with van der Waals surface area (Å²) < 4.78 is 26.6. The minimum Gasteiger partial charge on any atom is -0.506 e. The van der Waals surface area contributed by atoms with Gasteiger partial charge in [0.1, 0.15) is 16.7 Å². The van der Waals surface area contributed by atoms with E-state index in [0.717, 1.165) is 0 Å². The number of hydrogen-bond donors (Lipinski definition) is 2. The number of sulfonamides is 1. The molecule has 2 aromatic rings. The number of rotatable bonds is 3. The number of phenolic OH excluding ortho intramolecular Hbond substituents is 1. The van der Waals surface area contributed by atoms with E-state index in [9.17, 15) is 13.5 Å². The predicted molar refractivity (Wildman–Crippen MR) is 72.9 cm³/mol. The molecule has 1 aromatic carbocycles. The second kappa shape index (κ2) is 5.36. The molecule has 0 bridgehead atoms. The number of nitriles is 1. The van der Waals surface area contributed by atoms with Gasteiger partial charge < -0.3 is 5.11 Å². The zero-order valence-corrected chi connectivity index (χ0v) is 11.5. The Morgan fingerprint density at radius 3 is 2.75 bits per heavy atom. The van der Waals surface area contributed by atoms with Gasteiger partial charge in [0.05, 0.1) is 10.7 Å². The molecule has 0 amide bonds. The van der Waals surface area contributed by atoms with Crippen molar-refractivity contribution in [3.05, 3.63) is 47.2 Å². The molecule has 8 heteroatoms. The number of hydrogen-bond acceptors (Lipinski definition) is 5. The van der Waals surface area contributed by atoms with Crippen molar-refractivity contribution in [1.82, 2.24) is 4.98 Å². The quantitative estimate of drug-likeness (QED) is 0.903. The molecule has 2 rings (SSSR count). The van der Waals surface area contributed by atoms with E-state index in [2.05, 4.69) is 9.71 Å². The van der Waals surface area contributed by atoms with Gasteiger partial charge in [0.15, 0.2) is 5.69 Å². The van der Waals surface area contributed by atoms with Crippen molar-refractivity contribution >= 4 is 27.3 Å². The van der Waals surface area contributed by atoms with Gasteiger partial charge in [-0.05, 0) is 24.3 Å². The lowest BCUT2D eigenvalue weighted by molar-refractivity contribution is 0.476. The van der Waals surface area contributed by atoms with Crippen LogP contribution in [0.2, 0.25) is 5.02 Å². The average Bonchev–Trinajstić information content (AvgIpc) is 2.42. The number of phenols is 1. The number of anilines is 1. The second-order valence-corrected chi connectivity index (χ2v) is 5.79. The zero-order valence-electron chi connectivity index (χ0n) is 9.91. The standard InChI is InChI=1S/C12H8ClN3O3S/c13-9-4-3-8(6-11(9)17)16-20(18,19)12-2-1-5-15-10(12)7-14/h1-6,16-17H. The molecule has 0 saturated heterocycles.